The predicted molar refractivity (Wildman–Crippen MR) is 140 cm³/mol. The van der Waals surface area contributed by atoms with Gasteiger partial charge in [-0.05, 0) is 36.3 Å². The molecule has 9 heteroatoms. The summed E-state index contributed by atoms with van der Waals surface area (Å²) in [7, 11) is 0. The monoisotopic (exact) mass is 509 g/mol. The number of rotatable bonds is 8. The molecular formula is C23H28ClN3O2S3. The average Bonchev–Trinajstić information content (AvgIpc) is 3.24. The normalized spacial score (nSPS) is 14.3. The largest absolute Gasteiger partial charge is 0.379 e. The molecule has 1 aromatic heterocycles. The van der Waals surface area contributed by atoms with E-state index >= 15 is 0 Å². The van der Waals surface area contributed by atoms with E-state index in [1.54, 1.807) is 34.9 Å². The molecule has 1 aliphatic heterocycles. The first kappa shape index (κ1) is 25.3. The summed E-state index contributed by atoms with van der Waals surface area (Å²) in [5.41, 5.74) is 1.73. The Hall–Kier alpha value is -1.29. The number of carbonyl (C=O) groups is 1. The van der Waals surface area contributed by atoms with Gasteiger partial charge >= 0.3 is 0 Å². The number of thiazole rings is 1. The number of hydrogen-bond acceptors (Lipinski definition) is 7. The van der Waals surface area contributed by atoms with Gasteiger partial charge in [0, 0.05) is 36.0 Å². The topological polar surface area (TPSA) is 45.7 Å². The van der Waals surface area contributed by atoms with Crippen molar-refractivity contribution in [1.82, 2.24) is 9.88 Å². The Bertz CT molecular complexity index is 1040. The standard InChI is InChI=1S/C23H27N3O2S3.ClH/c1-3-30-18-8-5-4-7-17(18)22(27)26(12-11-25-13-15-28-16-14-25)23-24-21-19(29-2)9-6-10-20(21)31-23;/h4-10H,3,11-16H2,1-2H3;1H. The molecule has 1 saturated heterocycles. The van der Waals surface area contributed by atoms with E-state index in [-0.39, 0.29) is 18.3 Å². The van der Waals surface area contributed by atoms with Crippen LogP contribution in [-0.2, 0) is 4.74 Å². The quantitative estimate of drug-likeness (QED) is 0.372. The summed E-state index contributed by atoms with van der Waals surface area (Å²) in [6.45, 7) is 6.84. The molecule has 0 bridgehead atoms. The number of carbonyl (C=O) groups excluding carboxylic acids is 1. The third-order valence-corrected chi connectivity index (χ3v) is 8.00. The molecule has 4 rings (SSSR count). The lowest BCUT2D eigenvalue weighted by molar-refractivity contribution is 0.0391. The van der Waals surface area contributed by atoms with Gasteiger partial charge < -0.3 is 4.74 Å². The number of halogens is 1. The maximum Gasteiger partial charge on any atom is 0.261 e. The first-order valence-electron chi connectivity index (χ1n) is 10.5. The summed E-state index contributed by atoms with van der Waals surface area (Å²) < 4.78 is 6.59. The number of thioether (sulfide) groups is 2. The highest BCUT2D eigenvalue weighted by Crippen LogP contribution is 2.35. The van der Waals surface area contributed by atoms with E-state index in [0.717, 1.165) is 69.3 Å². The summed E-state index contributed by atoms with van der Waals surface area (Å²) in [5.74, 6) is 0.950. The summed E-state index contributed by atoms with van der Waals surface area (Å²) in [4.78, 5) is 25.1. The zero-order chi connectivity index (χ0) is 21.6. The van der Waals surface area contributed by atoms with Crippen molar-refractivity contribution in [2.45, 2.75) is 16.7 Å². The Labute approximate surface area is 208 Å². The smallest absolute Gasteiger partial charge is 0.261 e. The molecule has 3 aromatic rings. The van der Waals surface area contributed by atoms with E-state index in [0.29, 0.717) is 6.54 Å². The van der Waals surface area contributed by atoms with Gasteiger partial charge in [-0.15, -0.1) is 35.9 Å². The molecule has 0 saturated carbocycles. The Morgan fingerprint density at radius 1 is 1.16 bits per heavy atom. The van der Waals surface area contributed by atoms with Crippen molar-refractivity contribution in [3.05, 3.63) is 48.0 Å². The number of anilines is 1. The van der Waals surface area contributed by atoms with E-state index in [1.807, 2.05) is 29.2 Å². The SMILES string of the molecule is CCSc1ccccc1C(=O)N(CCN1CCOCC1)c1nc2c(SC)cccc2s1.Cl. The van der Waals surface area contributed by atoms with Gasteiger partial charge in [-0.3, -0.25) is 14.6 Å². The third-order valence-electron chi connectivity index (χ3n) is 5.23. The van der Waals surface area contributed by atoms with Gasteiger partial charge in [-0.2, -0.15) is 0 Å². The second-order valence-corrected chi connectivity index (χ2v) is 10.3. The molecule has 0 radical (unpaired) electrons. The second-order valence-electron chi connectivity index (χ2n) is 7.14. The van der Waals surface area contributed by atoms with Crippen LogP contribution in [0.2, 0.25) is 0 Å². The maximum atomic E-state index is 13.8. The fourth-order valence-corrected chi connectivity index (χ4v) is 6.05. The van der Waals surface area contributed by atoms with Crippen molar-refractivity contribution in [2.24, 2.45) is 0 Å². The molecule has 0 atom stereocenters. The van der Waals surface area contributed by atoms with E-state index in [4.69, 9.17) is 9.72 Å². The molecular weight excluding hydrogens is 482 g/mol. The Morgan fingerprint density at radius 3 is 2.66 bits per heavy atom. The van der Waals surface area contributed by atoms with E-state index < -0.39 is 0 Å². The fourth-order valence-electron chi connectivity index (χ4n) is 3.61. The van der Waals surface area contributed by atoms with E-state index in [9.17, 15) is 4.79 Å². The minimum Gasteiger partial charge on any atom is -0.379 e. The molecule has 0 unspecified atom stereocenters. The fraction of sp³-hybridized carbons (Fsp3) is 0.391. The molecule has 0 aliphatic carbocycles. The van der Waals surface area contributed by atoms with Gasteiger partial charge in [0.25, 0.3) is 5.91 Å². The molecule has 0 spiro atoms. The highest BCUT2D eigenvalue weighted by Gasteiger charge is 2.25. The second kappa shape index (κ2) is 12.3. The first-order valence-corrected chi connectivity index (χ1v) is 13.5. The van der Waals surface area contributed by atoms with Crippen LogP contribution in [0.25, 0.3) is 10.2 Å². The summed E-state index contributed by atoms with van der Waals surface area (Å²) in [6, 6.07) is 14.1. The maximum absolute atomic E-state index is 13.8. The van der Waals surface area contributed by atoms with Crippen LogP contribution in [0.1, 0.15) is 17.3 Å². The van der Waals surface area contributed by atoms with Crippen LogP contribution >= 0.6 is 47.3 Å². The number of ether oxygens (including phenoxy) is 1. The number of fused-ring (bicyclic) bond motifs is 1. The molecule has 1 aliphatic rings. The van der Waals surface area contributed by atoms with Crippen LogP contribution in [0.5, 0.6) is 0 Å². The average molecular weight is 510 g/mol. The van der Waals surface area contributed by atoms with Crippen molar-refractivity contribution in [1.29, 1.82) is 0 Å². The van der Waals surface area contributed by atoms with Crippen LogP contribution in [0, 0.1) is 0 Å². The van der Waals surface area contributed by atoms with E-state index in [2.05, 4.69) is 36.3 Å². The zero-order valence-corrected chi connectivity index (χ0v) is 21.5. The number of morpholine rings is 1. The Kier molecular flexibility index (Phi) is 9.70. The Morgan fingerprint density at radius 2 is 1.91 bits per heavy atom. The van der Waals surface area contributed by atoms with Crippen molar-refractivity contribution >= 4 is 68.5 Å². The third kappa shape index (κ3) is 5.79. The van der Waals surface area contributed by atoms with Crippen molar-refractivity contribution in [3.8, 4) is 0 Å². The minimum atomic E-state index is 0. The van der Waals surface area contributed by atoms with Crippen LogP contribution in [0.3, 0.4) is 0 Å². The molecule has 1 fully saturated rings. The molecule has 2 aromatic carbocycles. The minimum absolute atomic E-state index is 0. The lowest BCUT2D eigenvalue weighted by Gasteiger charge is -2.29. The number of benzene rings is 2. The van der Waals surface area contributed by atoms with Crippen LogP contribution in [-0.4, -0.2) is 67.2 Å². The lowest BCUT2D eigenvalue weighted by atomic mass is 10.2. The van der Waals surface area contributed by atoms with Crippen LogP contribution < -0.4 is 4.90 Å². The molecule has 172 valence electrons. The van der Waals surface area contributed by atoms with Gasteiger partial charge in [-0.25, -0.2) is 4.98 Å². The highest BCUT2D eigenvalue weighted by atomic mass is 35.5. The van der Waals surface area contributed by atoms with Crippen LogP contribution in [0.4, 0.5) is 5.13 Å². The molecule has 0 N–H and O–H groups in total. The van der Waals surface area contributed by atoms with Gasteiger partial charge in [0.2, 0.25) is 0 Å². The van der Waals surface area contributed by atoms with Gasteiger partial charge in [-0.1, -0.05) is 36.5 Å². The Balaban J connectivity index is 0.00000289. The summed E-state index contributed by atoms with van der Waals surface area (Å²) >= 11 is 4.99. The summed E-state index contributed by atoms with van der Waals surface area (Å²) in [6.07, 6.45) is 2.06. The number of amides is 1. The number of hydrogen-bond donors (Lipinski definition) is 0. The number of aromatic nitrogens is 1. The van der Waals surface area contributed by atoms with Crippen LogP contribution in [0.15, 0.2) is 52.3 Å². The van der Waals surface area contributed by atoms with E-state index in [1.165, 1.54) is 0 Å². The highest BCUT2D eigenvalue weighted by molar-refractivity contribution is 7.99. The predicted octanol–water partition coefficient (Wildman–Crippen LogP) is 5.53. The van der Waals surface area contributed by atoms with Gasteiger partial charge in [0.05, 0.1) is 29.0 Å². The molecule has 5 nitrogen and oxygen atoms in total. The van der Waals surface area contributed by atoms with Gasteiger partial charge in [0.15, 0.2) is 5.13 Å². The van der Waals surface area contributed by atoms with Crippen molar-refractivity contribution < 1.29 is 9.53 Å². The van der Waals surface area contributed by atoms with Gasteiger partial charge in [0.1, 0.15) is 0 Å². The lowest BCUT2D eigenvalue weighted by Crippen LogP contribution is -2.43. The molecule has 2 heterocycles. The van der Waals surface area contributed by atoms with Crippen molar-refractivity contribution in [3.63, 3.8) is 0 Å². The van der Waals surface area contributed by atoms with Crippen molar-refractivity contribution in [2.75, 3.05) is 56.3 Å². The molecule has 32 heavy (non-hydrogen) atoms. The first-order chi connectivity index (χ1) is 15.2. The molecule has 1 amide bonds. The number of para-hydroxylation sites is 1. The zero-order valence-electron chi connectivity index (χ0n) is 18.3. The summed E-state index contributed by atoms with van der Waals surface area (Å²) in [5, 5.41) is 0.770. The number of nitrogens with zero attached hydrogens (tertiary/aromatic N) is 3.